The van der Waals surface area contributed by atoms with Gasteiger partial charge in [0.25, 0.3) is 5.91 Å². The number of alkyl halides is 3. The van der Waals surface area contributed by atoms with E-state index in [2.05, 4.69) is 29.0 Å². The lowest BCUT2D eigenvalue weighted by Crippen LogP contribution is -2.35. The van der Waals surface area contributed by atoms with Crippen molar-refractivity contribution in [1.82, 2.24) is 15.2 Å². The molecule has 6 nitrogen and oxygen atoms in total. The molecule has 1 aromatic carbocycles. The summed E-state index contributed by atoms with van der Waals surface area (Å²) < 4.78 is 63.0. The number of rotatable bonds is 8. The van der Waals surface area contributed by atoms with Crippen LogP contribution in [-0.2, 0) is 22.9 Å². The summed E-state index contributed by atoms with van der Waals surface area (Å²) in [5.74, 6) is -0.913. The molecular weight excluding hydrogens is 523 g/mol. The molecule has 204 valence electrons. The van der Waals surface area contributed by atoms with Crippen molar-refractivity contribution < 1.29 is 26.4 Å². The molecule has 1 N–H and O–H groups in total. The SMILES string of the molecule is CCS(=O)(=O)c1ccc(CNC(=O)c2nc3c(s2)CN(C[C@H]2CC[C@@H](C(F)(F)F)CC2)[C@H]3C(C)C)cc1. The van der Waals surface area contributed by atoms with E-state index in [1.165, 1.54) is 11.3 Å². The summed E-state index contributed by atoms with van der Waals surface area (Å²) >= 11 is 1.37. The van der Waals surface area contributed by atoms with Crippen LogP contribution in [0.15, 0.2) is 29.2 Å². The van der Waals surface area contributed by atoms with E-state index in [1.807, 2.05) is 0 Å². The number of hydrogen-bond donors (Lipinski definition) is 1. The third-order valence-corrected chi connectivity index (χ3v) is 10.3. The highest BCUT2D eigenvalue weighted by atomic mass is 32.2. The normalized spacial score (nSPS) is 22.8. The maximum Gasteiger partial charge on any atom is 0.391 e. The summed E-state index contributed by atoms with van der Waals surface area (Å²) in [6, 6.07) is 6.53. The van der Waals surface area contributed by atoms with Crippen LogP contribution < -0.4 is 5.32 Å². The first-order chi connectivity index (χ1) is 17.4. The molecule has 37 heavy (non-hydrogen) atoms. The summed E-state index contributed by atoms with van der Waals surface area (Å²) in [4.78, 5) is 21.1. The Bertz CT molecular complexity index is 1200. The van der Waals surface area contributed by atoms with Crippen LogP contribution in [0.4, 0.5) is 13.2 Å². The topological polar surface area (TPSA) is 79.4 Å². The molecule has 0 bridgehead atoms. The predicted molar refractivity (Wildman–Crippen MR) is 137 cm³/mol. The van der Waals surface area contributed by atoms with Crippen LogP contribution in [0.25, 0.3) is 0 Å². The Morgan fingerprint density at radius 2 is 1.81 bits per heavy atom. The van der Waals surface area contributed by atoms with E-state index in [9.17, 15) is 26.4 Å². The van der Waals surface area contributed by atoms with Gasteiger partial charge in [-0.15, -0.1) is 11.3 Å². The van der Waals surface area contributed by atoms with E-state index in [4.69, 9.17) is 0 Å². The van der Waals surface area contributed by atoms with Crippen molar-refractivity contribution >= 4 is 27.1 Å². The minimum absolute atomic E-state index is 0.0335. The molecule has 1 aliphatic carbocycles. The van der Waals surface area contributed by atoms with Crippen LogP contribution in [-0.4, -0.2) is 42.7 Å². The standard InChI is InChI=1S/C26H34F3N3O3S2/c1-4-37(34,35)20-11-7-17(8-12-20)13-30-24(33)25-31-22-21(36-25)15-32(23(22)16(2)3)14-18-5-9-19(10-6-18)26(27,28)29/h7-8,11-12,16,18-19,23H,4-6,9-10,13-15H2,1-3H3,(H,30,33)/t18-,19+,23-/m0/s1. The van der Waals surface area contributed by atoms with E-state index in [1.54, 1.807) is 31.2 Å². The summed E-state index contributed by atoms with van der Waals surface area (Å²) in [6.45, 7) is 7.48. The van der Waals surface area contributed by atoms with Crippen LogP contribution in [0.2, 0.25) is 0 Å². The Kier molecular flexibility index (Phi) is 8.35. The largest absolute Gasteiger partial charge is 0.391 e. The van der Waals surface area contributed by atoms with Gasteiger partial charge in [-0.1, -0.05) is 32.9 Å². The average molecular weight is 558 g/mol. The van der Waals surface area contributed by atoms with E-state index < -0.39 is 21.9 Å². The van der Waals surface area contributed by atoms with Gasteiger partial charge in [-0.25, -0.2) is 13.4 Å². The summed E-state index contributed by atoms with van der Waals surface area (Å²) in [6.07, 6.45) is -2.51. The van der Waals surface area contributed by atoms with Crippen LogP contribution in [0.3, 0.4) is 0 Å². The molecule has 1 aliphatic heterocycles. The molecule has 11 heteroatoms. The zero-order valence-corrected chi connectivity index (χ0v) is 23.0. The summed E-state index contributed by atoms with van der Waals surface area (Å²) in [5, 5.41) is 3.26. The van der Waals surface area contributed by atoms with Gasteiger partial charge in [0.05, 0.1) is 28.3 Å². The minimum Gasteiger partial charge on any atom is -0.346 e. The fourth-order valence-corrected chi connectivity index (χ4v) is 7.35. The predicted octanol–water partition coefficient (Wildman–Crippen LogP) is 5.75. The van der Waals surface area contributed by atoms with Crippen molar-refractivity contribution in [1.29, 1.82) is 0 Å². The fraction of sp³-hybridized carbons (Fsp3) is 0.615. The van der Waals surface area contributed by atoms with Crippen LogP contribution in [0.1, 0.15) is 78.4 Å². The molecule has 2 aliphatic rings. The second-order valence-corrected chi connectivity index (χ2v) is 13.8. The Hall–Kier alpha value is -1.98. The zero-order valence-electron chi connectivity index (χ0n) is 21.3. The number of aromatic nitrogens is 1. The maximum absolute atomic E-state index is 13.0. The average Bonchev–Trinajstić information content (AvgIpc) is 3.40. The van der Waals surface area contributed by atoms with Crippen molar-refractivity contribution in [2.24, 2.45) is 17.8 Å². The van der Waals surface area contributed by atoms with Crippen molar-refractivity contribution in [3.8, 4) is 0 Å². The molecule has 1 saturated carbocycles. The number of thiazole rings is 1. The number of benzene rings is 1. The van der Waals surface area contributed by atoms with Crippen molar-refractivity contribution in [3.63, 3.8) is 0 Å². The molecule has 0 radical (unpaired) electrons. The van der Waals surface area contributed by atoms with Gasteiger partial charge in [-0.3, -0.25) is 9.69 Å². The van der Waals surface area contributed by atoms with Gasteiger partial charge in [0.1, 0.15) is 0 Å². The van der Waals surface area contributed by atoms with E-state index >= 15 is 0 Å². The number of hydrogen-bond acceptors (Lipinski definition) is 6. The van der Waals surface area contributed by atoms with Crippen LogP contribution >= 0.6 is 11.3 Å². The Labute approximate surface area is 220 Å². The van der Waals surface area contributed by atoms with Crippen molar-refractivity contribution in [2.45, 2.75) is 76.7 Å². The molecule has 2 aromatic rings. The number of sulfone groups is 1. The molecule has 0 unspecified atom stereocenters. The molecule has 1 fully saturated rings. The van der Waals surface area contributed by atoms with E-state index in [-0.39, 0.29) is 53.8 Å². The number of nitrogens with zero attached hydrogens (tertiary/aromatic N) is 2. The summed E-state index contributed by atoms with van der Waals surface area (Å²) in [5.41, 5.74) is 1.70. The van der Waals surface area contributed by atoms with Gasteiger partial charge < -0.3 is 5.32 Å². The first-order valence-corrected chi connectivity index (χ1v) is 15.3. The smallest absolute Gasteiger partial charge is 0.346 e. The van der Waals surface area contributed by atoms with Gasteiger partial charge >= 0.3 is 6.18 Å². The third-order valence-electron chi connectivity index (χ3n) is 7.49. The number of nitrogens with one attached hydrogen (secondary N) is 1. The first kappa shape index (κ1) is 28.0. The van der Waals surface area contributed by atoms with E-state index in [0.29, 0.717) is 24.4 Å². The molecule has 0 saturated heterocycles. The zero-order chi connectivity index (χ0) is 27.0. The van der Waals surface area contributed by atoms with E-state index in [0.717, 1.165) is 22.7 Å². The molecule has 1 atom stereocenters. The molecular formula is C26H34F3N3O3S2. The number of amides is 1. The number of halogens is 3. The molecule has 1 amide bonds. The highest BCUT2D eigenvalue weighted by Gasteiger charge is 2.43. The second-order valence-electron chi connectivity index (χ2n) is 10.4. The quantitative estimate of drug-likeness (QED) is 0.447. The Morgan fingerprint density at radius 3 is 2.38 bits per heavy atom. The number of fused-ring (bicyclic) bond motifs is 1. The van der Waals surface area contributed by atoms with Crippen LogP contribution in [0.5, 0.6) is 0 Å². The van der Waals surface area contributed by atoms with Crippen molar-refractivity contribution in [3.05, 3.63) is 45.4 Å². The monoisotopic (exact) mass is 557 g/mol. The maximum atomic E-state index is 13.0. The lowest BCUT2D eigenvalue weighted by Gasteiger charge is -2.35. The minimum atomic E-state index is -4.09. The van der Waals surface area contributed by atoms with Crippen LogP contribution in [0, 0.1) is 17.8 Å². The number of carbonyl (C=O) groups is 1. The Balaban J connectivity index is 1.36. The van der Waals surface area contributed by atoms with Gasteiger partial charge in [-0.05, 0) is 55.2 Å². The molecule has 0 spiro atoms. The molecule has 2 heterocycles. The van der Waals surface area contributed by atoms with Gasteiger partial charge in [-0.2, -0.15) is 13.2 Å². The van der Waals surface area contributed by atoms with Gasteiger partial charge in [0, 0.05) is 24.5 Å². The lowest BCUT2D eigenvalue weighted by atomic mass is 9.81. The lowest BCUT2D eigenvalue weighted by molar-refractivity contribution is -0.184. The Morgan fingerprint density at radius 1 is 1.16 bits per heavy atom. The molecule has 4 rings (SSSR count). The highest BCUT2D eigenvalue weighted by Crippen LogP contribution is 2.44. The van der Waals surface area contributed by atoms with Gasteiger partial charge in [0.2, 0.25) is 0 Å². The number of carbonyl (C=O) groups excluding carboxylic acids is 1. The van der Waals surface area contributed by atoms with Crippen molar-refractivity contribution in [2.75, 3.05) is 12.3 Å². The first-order valence-electron chi connectivity index (χ1n) is 12.8. The van der Waals surface area contributed by atoms with Gasteiger partial charge in [0.15, 0.2) is 14.8 Å². The fourth-order valence-electron chi connectivity index (χ4n) is 5.42. The highest BCUT2D eigenvalue weighted by molar-refractivity contribution is 7.91. The molecule has 1 aromatic heterocycles. The second kappa shape index (κ2) is 11.0. The summed E-state index contributed by atoms with van der Waals surface area (Å²) in [7, 11) is -3.27. The third kappa shape index (κ3) is 6.37.